The van der Waals surface area contributed by atoms with Crippen molar-refractivity contribution in [1.29, 1.82) is 0 Å². The summed E-state index contributed by atoms with van der Waals surface area (Å²) in [6.45, 7) is 4.75. The maximum absolute atomic E-state index is 10.8. The van der Waals surface area contributed by atoms with E-state index in [9.17, 15) is 9.59 Å². The van der Waals surface area contributed by atoms with E-state index < -0.39 is 17.6 Å². The van der Waals surface area contributed by atoms with Crippen LogP contribution in [0.3, 0.4) is 0 Å². The highest BCUT2D eigenvalue weighted by molar-refractivity contribution is 5.75. The van der Waals surface area contributed by atoms with Crippen LogP contribution in [0.5, 0.6) is 0 Å². The van der Waals surface area contributed by atoms with Crippen molar-refractivity contribution in [3.05, 3.63) is 0 Å². The zero-order valence-corrected chi connectivity index (χ0v) is 7.92. The van der Waals surface area contributed by atoms with Gasteiger partial charge < -0.3 is 10.5 Å². The number of nitrogens with one attached hydrogen (secondary N) is 1. The zero-order valence-electron chi connectivity index (χ0n) is 7.92. The second-order valence-electron chi connectivity index (χ2n) is 3.36. The summed E-state index contributed by atoms with van der Waals surface area (Å²) in [5.74, 6) is -0.670. The smallest absolute Gasteiger partial charge is 0.431 e. The van der Waals surface area contributed by atoms with Gasteiger partial charge in [-0.1, -0.05) is 0 Å². The minimum atomic E-state index is -0.756. The molecule has 0 aliphatic rings. The van der Waals surface area contributed by atoms with Gasteiger partial charge in [0.25, 0.3) is 0 Å². The van der Waals surface area contributed by atoms with E-state index in [0.717, 1.165) is 0 Å². The van der Waals surface area contributed by atoms with Gasteiger partial charge in [0.2, 0.25) is 5.91 Å². The van der Waals surface area contributed by atoms with Gasteiger partial charge in [0.1, 0.15) is 5.60 Å². The van der Waals surface area contributed by atoms with E-state index in [2.05, 4.69) is 4.84 Å². The van der Waals surface area contributed by atoms with E-state index in [1.165, 1.54) is 0 Å². The number of primary amides is 1. The van der Waals surface area contributed by atoms with Crippen LogP contribution in [0, 0.1) is 0 Å². The minimum absolute atomic E-state index is 0.376. The van der Waals surface area contributed by atoms with Crippen LogP contribution in [0.1, 0.15) is 20.8 Å². The first kappa shape index (κ1) is 11.7. The highest BCUT2D eigenvalue weighted by atomic mass is 16.7. The standard InChI is InChI=1S/C7H14N2O4/c1-7(2,3)13-6(11)9-12-4-5(8)10/h4H2,1-3H3,(H2,8,10)(H,9,11). The van der Waals surface area contributed by atoms with Gasteiger partial charge >= 0.3 is 6.09 Å². The molecule has 2 amide bonds. The lowest BCUT2D eigenvalue weighted by Crippen LogP contribution is -2.34. The van der Waals surface area contributed by atoms with Gasteiger partial charge in [-0.05, 0) is 20.8 Å². The molecule has 0 aromatic heterocycles. The molecule has 0 bridgehead atoms. The number of rotatable bonds is 3. The van der Waals surface area contributed by atoms with Crippen molar-refractivity contribution < 1.29 is 19.2 Å². The molecule has 6 heteroatoms. The number of hydrogen-bond acceptors (Lipinski definition) is 4. The number of hydrogen-bond donors (Lipinski definition) is 2. The first-order valence-electron chi connectivity index (χ1n) is 3.70. The molecule has 0 fully saturated rings. The van der Waals surface area contributed by atoms with Crippen molar-refractivity contribution in [3.8, 4) is 0 Å². The Balaban J connectivity index is 3.59. The molecule has 0 atom stereocenters. The third-order valence-electron chi connectivity index (χ3n) is 0.769. The fraction of sp³-hybridized carbons (Fsp3) is 0.714. The summed E-state index contributed by atoms with van der Waals surface area (Å²) in [4.78, 5) is 25.4. The predicted molar refractivity (Wildman–Crippen MR) is 44.5 cm³/mol. The summed E-state index contributed by atoms with van der Waals surface area (Å²) in [6.07, 6.45) is -0.756. The Labute approximate surface area is 76.3 Å². The maximum atomic E-state index is 10.8. The third-order valence-corrected chi connectivity index (χ3v) is 0.769. The van der Waals surface area contributed by atoms with Gasteiger partial charge in [-0.3, -0.25) is 9.63 Å². The molecule has 0 radical (unpaired) electrons. The molecule has 6 nitrogen and oxygen atoms in total. The zero-order chi connectivity index (χ0) is 10.5. The summed E-state index contributed by atoms with van der Waals surface area (Å²) < 4.78 is 4.79. The second kappa shape index (κ2) is 4.66. The first-order valence-corrected chi connectivity index (χ1v) is 3.70. The number of ether oxygens (including phenoxy) is 1. The number of nitrogens with two attached hydrogens (primary N) is 1. The predicted octanol–water partition coefficient (Wildman–Crippen LogP) is -0.0720. The van der Waals surface area contributed by atoms with Crippen molar-refractivity contribution in [2.24, 2.45) is 5.73 Å². The van der Waals surface area contributed by atoms with E-state index in [-0.39, 0.29) is 6.61 Å². The lowest BCUT2D eigenvalue weighted by atomic mass is 10.2. The van der Waals surface area contributed by atoms with Crippen LogP contribution in [0.2, 0.25) is 0 Å². The van der Waals surface area contributed by atoms with Crippen LogP contribution < -0.4 is 11.2 Å². The van der Waals surface area contributed by atoms with E-state index in [4.69, 9.17) is 10.5 Å². The monoisotopic (exact) mass is 190 g/mol. The quantitative estimate of drug-likeness (QED) is 0.609. The first-order chi connectivity index (χ1) is 5.81. The summed E-state index contributed by atoms with van der Waals surface area (Å²) in [5.41, 5.74) is 6.06. The Hall–Kier alpha value is -1.30. The summed E-state index contributed by atoms with van der Waals surface area (Å²) >= 11 is 0. The number of carbonyl (C=O) groups excluding carboxylic acids is 2. The fourth-order valence-corrected chi connectivity index (χ4v) is 0.465. The van der Waals surface area contributed by atoms with Gasteiger partial charge in [0.15, 0.2) is 6.61 Å². The molecular weight excluding hydrogens is 176 g/mol. The van der Waals surface area contributed by atoms with Gasteiger partial charge in [0, 0.05) is 0 Å². The summed E-state index contributed by atoms with van der Waals surface area (Å²) in [5, 5.41) is 0. The van der Waals surface area contributed by atoms with Crippen LogP contribution in [0.4, 0.5) is 4.79 Å². The molecule has 0 aromatic carbocycles. The van der Waals surface area contributed by atoms with Gasteiger partial charge in [-0.25, -0.2) is 4.79 Å². The van der Waals surface area contributed by atoms with Crippen molar-refractivity contribution >= 4 is 12.0 Å². The van der Waals surface area contributed by atoms with E-state index in [0.29, 0.717) is 0 Å². The molecule has 0 spiro atoms. The largest absolute Gasteiger partial charge is 0.442 e. The van der Waals surface area contributed by atoms with Crippen LogP contribution >= 0.6 is 0 Å². The van der Waals surface area contributed by atoms with Gasteiger partial charge in [-0.2, -0.15) is 5.48 Å². The van der Waals surface area contributed by atoms with Crippen molar-refractivity contribution in [1.82, 2.24) is 5.48 Å². The van der Waals surface area contributed by atoms with Crippen molar-refractivity contribution in [2.75, 3.05) is 6.61 Å². The summed E-state index contributed by atoms with van der Waals surface area (Å²) in [7, 11) is 0. The molecular formula is C7H14N2O4. The molecule has 0 aromatic rings. The third kappa shape index (κ3) is 8.61. The number of hydroxylamine groups is 1. The normalized spacial score (nSPS) is 10.7. The lowest BCUT2D eigenvalue weighted by Gasteiger charge is -2.19. The van der Waals surface area contributed by atoms with Gasteiger partial charge in [0.05, 0.1) is 0 Å². The van der Waals surface area contributed by atoms with E-state index in [1.54, 1.807) is 20.8 Å². The van der Waals surface area contributed by atoms with E-state index in [1.807, 2.05) is 5.48 Å². The van der Waals surface area contributed by atoms with Crippen molar-refractivity contribution in [2.45, 2.75) is 26.4 Å². The topological polar surface area (TPSA) is 90.7 Å². The fourth-order valence-electron chi connectivity index (χ4n) is 0.465. The molecule has 0 saturated carbocycles. The molecule has 0 unspecified atom stereocenters. The molecule has 0 saturated heterocycles. The highest BCUT2D eigenvalue weighted by Gasteiger charge is 2.15. The number of amides is 2. The molecule has 76 valence electrons. The molecule has 13 heavy (non-hydrogen) atoms. The van der Waals surface area contributed by atoms with Crippen LogP contribution in [0.15, 0.2) is 0 Å². The molecule has 0 heterocycles. The number of carbonyl (C=O) groups is 2. The molecule has 0 aliphatic heterocycles. The average molecular weight is 190 g/mol. The second-order valence-corrected chi connectivity index (χ2v) is 3.36. The van der Waals surface area contributed by atoms with E-state index >= 15 is 0 Å². The molecule has 0 rings (SSSR count). The Morgan fingerprint density at radius 3 is 2.31 bits per heavy atom. The molecule has 3 N–H and O–H groups in total. The summed E-state index contributed by atoms with van der Waals surface area (Å²) in [6, 6.07) is 0. The molecule has 0 aliphatic carbocycles. The van der Waals surface area contributed by atoms with Gasteiger partial charge in [-0.15, -0.1) is 0 Å². The average Bonchev–Trinajstić information content (AvgIpc) is 1.81. The Morgan fingerprint density at radius 1 is 1.38 bits per heavy atom. The van der Waals surface area contributed by atoms with Crippen LogP contribution in [-0.4, -0.2) is 24.2 Å². The minimum Gasteiger partial charge on any atom is -0.442 e. The Morgan fingerprint density at radius 2 is 1.92 bits per heavy atom. The lowest BCUT2D eigenvalue weighted by molar-refractivity contribution is -0.124. The Kier molecular flexibility index (Phi) is 4.19. The SMILES string of the molecule is CC(C)(C)OC(=O)NOCC(N)=O. The van der Waals surface area contributed by atoms with Crippen molar-refractivity contribution in [3.63, 3.8) is 0 Å². The highest BCUT2D eigenvalue weighted by Crippen LogP contribution is 2.05. The van der Waals surface area contributed by atoms with Crippen LogP contribution in [-0.2, 0) is 14.4 Å². The maximum Gasteiger partial charge on any atom is 0.431 e. The van der Waals surface area contributed by atoms with Crippen LogP contribution in [0.25, 0.3) is 0 Å². The Bertz CT molecular complexity index is 197.